The van der Waals surface area contributed by atoms with Crippen LogP contribution in [0.25, 0.3) is 0 Å². The van der Waals surface area contributed by atoms with E-state index in [0.29, 0.717) is 41.0 Å². The van der Waals surface area contributed by atoms with Gasteiger partial charge in [-0.3, -0.25) is 14.4 Å². The summed E-state index contributed by atoms with van der Waals surface area (Å²) in [5.74, 6) is -0.312. The van der Waals surface area contributed by atoms with E-state index in [1.807, 2.05) is 13.8 Å². The Morgan fingerprint density at radius 3 is 2.30 bits per heavy atom. The van der Waals surface area contributed by atoms with Crippen LogP contribution in [-0.4, -0.2) is 37.5 Å². The van der Waals surface area contributed by atoms with E-state index < -0.39 is 18.5 Å². The normalized spacial score (nSPS) is 10.2. The molecule has 0 fully saturated rings. The fourth-order valence-electron chi connectivity index (χ4n) is 2.54. The minimum absolute atomic E-state index is 0.0209. The molecule has 2 aromatic carbocycles. The highest BCUT2D eigenvalue weighted by molar-refractivity contribution is 6.30. The van der Waals surface area contributed by atoms with Crippen molar-refractivity contribution >= 4 is 34.9 Å². The van der Waals surface area contributed by atoms with Gasteiger partial charge in [-0.15, -0.1) is 0 Å². The Kier molecular flexibility index (Phi) is 9.15. The quantitative estimate of drug-likeness (QED) is 0.420. The molecular formula is C22H24ClNO6. The van der Waals surface area contributed by atoms with Crippen LogP contribution in [0.15, 0.2) is 42.5 Å². The van der Waals surface area contributed by atoms with Gasteiger partial charge in [0.2, 0.25) is 0 Å². The number of carbonyl (C=O) groups excluding carboxylic acids is 3. The largest absolute Gasteiger partial charge is 0.494 e. The van der Waals surface area contributed by atoms with E-state index in [2.05, 4.69) is 5.32 Å². The number of esters is 1. The maximum absolute atomic E-state index is 12.2. The molecule has 0 heterocycles. The van der Waals surface area contributed by atoms with Gasteiger partial charge in [-0.25, -0.2) is 0 Å². The monoisotopic (exact) mass is 433 g/mol. The number of ketones is 1. The first-order chi connectivity index (χ1) is 14.4. The molecule has 2 rings (SSSR count). The highest BCUT2D eigenvalue weighted by Crippen LogP contribution is 2.29. The van der Waals surface area contributed by atoms with Gasteiger partial charge in [0.1, 0.15) is 11.5 Å². The summed E-state index contributed by atoms with van der Waals surface area (Å²) >= 11 is 5.79. The molecule has 1 amide bonds. The molecule has 0 aliphatic carbocycles. The van der Waals surface area contributed by atoms with Crippen LogP contribution in [0.4, 0.5) is 5.69 Å². The third-order valence-corrected chi connectivity index (χ3v) is 4.17. The molecule has 0 saturated carbocycles. The van der Waals surface area contributed by atoms with Crippen LogP contribution in [0, 0.1) is 0 Å². The van der Waals surface area contributed by atoms with E-state index in [4.69, 9.17) is 25.8 Å². The molecule has 0 spiro atoms. The topological polar surface area (TPSA) is 90.9 Å². The molecule has 0 unspecified atom stereocenters. The van der Waals surface area contributed by atoms with Crippen molar-refractivity contribution in [3.8, 4) is 11.5 Å². The molecule has 0 aromatic heterocycles. The summed E-state index contributed by atoms with van der Waals surface area (Å²) < 4.78 is 15.9. The van der Waals surface area contributed by atoms with Crippen molar-refractivity contribution in [2.45, 2.75) is 26.7 Å². The summed E-state index contributed by atoms with van der Waals surface area (Å²) in [7, 11) is 0. The lowest BCUT2D eigenvalue weighted by Gasteiger charge is -2.13. The molecule has 0 radical (unpaired) electrons. The van der Waals surface area contributed by atoms with Crippen LogP contribution in [0.2, 0.25) is 5.02 Å². The first-order valence-electron chi connectivity index (χ1n) is 9.56. The summed E-state index contributed by atoms with van der Waals surface area (Å²) in [5, 5.41) is 3.17. The average molecular weight is 434 g/mol. The predicted octanol–water partition coefficient (Wildman–Crippen LogP) is 4.28. The van der Waals surface area contributed by atoms with Gasteiger partial charge in [0.15, 0.2) is 12.4 Å². The molecule has 160 valence electrons. The predicted molar refractivity (Wildman–Crippen MR) is 113 cm³/mol. The summed E-state index contributed by atoms with van der Waals surface area (Å²) in [4.78, 5) is 36.1. The van der Waals surface area contributed by atoms with Crippen LogP contribution in [0.3, 0.4) is 0 Å². The second kappa shape index (κ2) is 11.8. The number of benzene rings is 2. The molecular weight excluding hydrogens is 410 g/mol. The van der Waals surface area contributed by atoms with Crippen molar-refractivity contribution in [3.05, 3.63) is 53.1 Å². The average Bonchev–Trinajstić information content (AvgIpc) is 2.73. The summed E-state index contributed by atoms with van der Waals surface area (Å²) in [6.45, 7) is 4.11. The number of hydrogen-bond donors (Lipinski definition) is 1. The highest BCUT2D eigenvalue weighted by atomic mass is 35.5. The lowest BCUT2D eigenvalue weighted by atomic mass is 10.1. The standard InChI is InChI=1S/C22H24ClNO6/c1-3-28-17-9-11-20(29-4-2)18(13-17)24-21(26)14-30-22(27)12-10-19(25)15-5-7-16(23)8-6-15/h5-9,11,13H,3-4,10,12,14H2,1-2H3,(H,24,26). The molecule has 0 aliphatic rings. The van der Waals surface area contributed by atoms with Gasteiger partial charge in [0, 0.05) is 23.1 Å². The highest BCUT2D eigenvalue weighted by Gasteiger charge is 2.14. The number of hydrogen-bond acceptors (Lipinski definition) is 6. The number of anilines is 1. The Balaban J connectivity index is 1.83. The molecule has 0 aliphatic heterocycles. The Morgan fingerprint density at radius 1 is 0.933 bits per heavy atom. The van der Waals surface area contributed by atoms with Crippen molar-refractivity contribution in [3.63, 3.8) is 0 Å². The van der Waals surface area contributed by atoms with E-state index in [0.717, 1.165) is 0 Å². The maximum Gasteiger partial charge on any atom is 0.306 e. The van der Waals surface area contributed by atoms with E-state index >= 15 is 0 Å². The number of carbonyl (C=O) groups is 3. The van der Waals surface area contributed by atoms with Gasteiger partial charge in [0.05, 0.1) is 25.3 Å². The van der Waals surface area contributed by atoms with Crippen LogP contribution in [-0.2, 0) is 14.3 Å². The van der Waals surface area contributed by atoms with Gasteiger partial charge in [-0.05, 0) is 50.2 Å². The lowest BCUT2D eigenvalue weighted by molar-refractivity contribution is -0.147. The zero-order valence-corrected chi connectivity index (χ0v) is 17.7. The molecule has 30 heavy (non-hydrogen) atoms. The molecule has 0 atom stereocenters. The molecule has 0 saturated heterocycles. The molecule has 7 nitrogen and oxygen atoms in total. The number of rotatable bonds is 11. The smallest absolute Gasteiger partial charge is 0.306 e. The molecule has 2 aromatic rings. The fourth-order valence-corrected chi connectivity index (χ4v) is 2.67. The van der Waals surface area contributed by atoms with E-state index in [1.165, 1.54) is 0 Å². The summed E-state index contributed by atoms with van der Waals surface area (Å²) in [6, 6.07) is 11.5. The van der Waals surface area contributed by atoms with Crippen LogP contribution in [0.1, 0.15) is 37.0 Å². The second-order valence-corrected chi connectivity index (χ2v) is 6.60. The Hall–Kier alpha value is -3.06. The van der Waals surface area contributed by atoms with Gasteiger partial charge in [-0.2, -0.15) is 0 Å². The van der Waals surface area contributed by atoms with Crippen LogP contribution < -0.4 is 14.8 Å². The van der Waals surface area contributed by atoms with E-state index in [-0.39, 0.29) is 18.6 Å². The van der Waals surface area contributed by atoms with Crippen molar-refractivity contribution < 1.29 is 28.6 Å². The molecule has 8 heteroatoms. The summed E-state index contributed by atoms with van der Waals surface area (Å²) in [6.07, 6.45) is -0.147. The Labute approximate surface area is 180 Å². The maximum atomic E-state index is 12.2. The first kappa shape index (κ1) is 23.2. The third-order valence-electron chi connectivity index (χ3n) is 3.92. The van der Waals surface area contributed by atoms with Crippen LogP contribution in [0.5, 0.6) is 11.5 Å². The van der Waals surface area contributed by atoms with E-state index in [1.54, 1.807) is 42.5 Å². The first-order valence-corrected chi connectivity index (χ1v) is 9.94. The van der Waals surface area contributed by atoms with Crippen molar-refractivity contribution in [1.82, 2.24) is 0 Å². The van der Waals surface area contributed by atoms with Gasteiger partial charge < -0.3 is 19.5 Å². The SMILES string of the molecule is CCOc1ccc(OCC)c(NC(=O)COC(=O)CCC(=O)c2ccc(Cl)cc2)c1. The van der Waals surface area contributed by atoms with Crippen molar-refractivity contribution in [2.24, 2.45) is 0 Å². The van der Waals surface area contributed by atoms with Gasteiger partial charge >= 0.3 is 5.97 Å². The zero-order chi connectivity index (χ0) is 21.9. The fraction of sp³-hybridized carbons (Fsp3) is 0.318. The van der Waals surface area contributed by atoms with Crippen molar-refractivity contribution in [2.75, 3.05) is 25.1 Å². The van der Waals surface area contributed by atoms with Gasteiger partial charge in [-0.1, -0.05) is 11.6 Å². The van der Waals surface area contributed by atoms with Crippen molar-refractivity contribution in [1.29, 1.82) is 0 Å². The Bertz CT molecular complexity index is 882. The number of halogens is 1. The lowest BCUT2D eigenvalue weighted by Crippen LogP contribution is -2.21. The number of amides is 1. The minimum atomic E-state index is -0.638. The third kappa shape index (κ3) is 7.40. The van der Waals surface area contributed by atoms with Crippen LogP contribution >= 0.6 is 11.6 Å². The van der Waals surface area contributed by atoms with E-state index in [9.17, 15) is 14.4 Å². The Morgan fingerprint density at radius 2 is 1.63 bits per heavy atom. The second-order valence-electron chi connectivity index (χ2n) is 6.16. The molecule has 0 bridgehead atoms. The number of nitrogens with one attached hydrogen (secondary N) is 1. The zero-order valence-electron chi connectivity index (χ0n) is 16.9. The minimum Gasteiger partial charge on any atom is -0.494 e. The van der Waals surface area contributed by atoms with Gasteiger partial charge in [0.25, 0.3) is 5.91 Å². The molecule has 1 N–H and O–H groups in total. The summed E-state index contributed by atoms with van der Waals surface area (Å²) in [5.41, 5.74) is 0.879. The number of Topliss-reactive ketones (excluding diaryl/α,β-unsaturated/α-hetero) is 1. The number of ether oxygens (including phenoxy) is 3.